The lowest BCUT2D eigenvalue weighted by molar-refractivity contribution is 0.0959. The van der Waals surface area contributed by atoms with E-state index < -0.39 is 0 Å². The van der Waals surface area contributed by atoms with Crippen LogP contribution in [0.2, 0.25) is 0 Å². The fraction of sp³-hybridized carbons (Fsp3) is 0.143. The van der Waals surface area contributed by atoms with Crippen LogP contribution in [0.15, 0.2) is 46.9 Å². The lowest BCUT2D eigenvalue weighted by Gasteiger charge is -2.00. The van der Waals surface area contributed by atoms with E-state index in [1.165, 1.54) is 16.9 Å². The number of nitrogens with one attached hydrogen (secondary N) is 1. The molecular formula is C14H12N2OS. The van der Waals surface area contributed by atoms with Gasteiger partial charge in [0.05, 0.1) is 10.6 Å². The second-order valence-corrected chi connectivity index (χ2v) is 5.08. The molecule has 2 aromatic rings. The van der Waals surface area contributed by atoms with Crippen LogP contribution in [0.25, 0.3) is 0 Å². The van der Waals surface area contributed by atoms with Crippen molar-refractivity contribution in [1.82, 2.24) is 5.43 Å². The molecule has 1 amide bonds. The predicted molar refractivity (Wildman–Crippen MR) is 73.1 cm³/mol. The average Bonchev–Trinajstić information content (AvgIpc) is 3.06. The number of benzene rings is 1. The molecule has 0 spiro atoms. The van der Waals surface area contributed by atoms with Gasteiger partial charge in [-0.25, -0.2) is 5.43 Å². The molecule has 4 heteroatoms. The Hall–Kier alpha value is -1.94. The third kappa shape index (κ3) is 2.07. The molecule has 0 fully saturated rings. The number of nitrogens with zero attached hydrogens (tertiary/aromatic N) is 1. The minimum atomic E-state index is -0.137. The average molecular weight is 256 g/mol. The summed E-state index contributed by atoms with van der Waals surface area (Å²) >= 11 is 1.42. The Bertz CT molecular complexity index is 602. The summed E-state index contributed by atoms with van der Waals surface area (Å²) < 4.78 is 0. The van der Waals surface area contributed by atoms with Crippen molar-refractivity contribution >= 4 is 23.0 Å². The lowest BCUT2D eigenvalue weighted by Crippen LogP contribution is -2.18. The van der Waals surface area contributed by atoms with Gasteiger partial charge >= 0.3 is 0 Å². The monoisotopic (exact) mass is 256 g/mol. The van der Waals surface area contributed by atoms with Crippen LogP contribution < -0.4 is 5.43 Å². The van der Waals surface area contributed by atoms with Crippen LogP contribution in [0.1, 0.15) is 27.2 Å². The van der Waals surface area contributed by atoms with Gasteiger partial charge in [-0.2, -0.15) is 5.10 Å². The number of hydrogen-bond acceptors (Lipinski definition) is 3. The second-order valence-electron chi connectivity index (χ2n) is 4.13. The summed E-state index contributed by atoms with van der Waals surface area (Å²) in [6, 6.07) is 11.9. The minimum Gasteiger partial charge on any atom is -0.266 e. The molecule has 1 aliphatic rings. The molecule has 3 rings (SSSR count). The smallest absolute Gasteiger partial charge is 0.266 e. The molecule has 0 radical (unpaired) electrons. The summed E-state index contributed by atoms with van der Waals surface area (Å²) in [6.45, 7) is 0. The van der Waals surface area contributed by atoms with Crippen LogP contribution >= 0.6 is 11.3 Å². The molecule has 0 aliphatic heterocycles. The van der Waals surface area contributed by atoms with Crippen LogP contribution in [0.4, 0.5) is 0 Å². The van der Waals surface area contributed by atoms with Crippen LogP contribution in [-0.4, -0.2) is 11.6 Å². The maximum Gasteiger partial charge on any atom is 0.281 e. The Balaban J connectivity index is 1.77. The van der Waals surface area contributed by atoms with E-state index in [9.17, 15) is 4.79 Å². The van der Waals surface area contributed by atoms with Crippen molar-refractivity contribution in [2.24, 2.45) is 5.10 Å². The summed E-state index contributed by atoms with van der Waals surface area (Å²) in [4.78, 5) is 12.5. The molecule has 1 N–H and O–H groups in total. The minimum absolute atomic E-state index is 0.137. The Morgan fingerprint density at radius 2 is 2.06 bits per heavy atom. The molecule has 0 unspecified atom stereocenters. The number of amides is 1. The van der Waals surface area contributed by atoms with Crippen molar-refractivity contribution in [2.45, 2.75) is 12.8 Å². The zero-order valence-electron chi connectivity index (χ0n) is 9.72. The molecule has 90 valence electrons. The maximum absolute atomic E-state index is 11.8. The van der Waals surface area contributed by atoms with Crippen molar-refractivity contribution in [1.29, 1.82) is 0 Å². The Labute approximate surface area is 109 Å². The van der Waals surface area contributed by atoms with Crippen molar-refractivity contribution in [2.75, 3.05) is 0 Å². The molecule has 0 atom stereocenters. The van der Waals surface area contributed by atoms with E-state index >= 15 is 0 Å². The van der Waals surface area contributed by atoms with E-state index in [-0.39, 0.29) is 5.91 Å². The molecule has 0 bridgehead atoms. The number of carbonyl (C=O) groups excluding carboxylic acids is 1. The van der Waals surface area contributed by atoms with E-state index in [1.807, 2.05) is 23.6 Å². The quantitative estimate of drug-likeness (QED) is 0.825. The first-order chi connectivity index (χ1) is 8.84. The summed E-state index contributed by atoms with van der Waals surface area (Å²) in [7, 11) is 0. The molecule has 1 aliphatic carbocycles. The van der Waals surface area contributed by atoms with Crippen LogP contribution in [0, 0.1) is 0 Å². The van der Waals surface area contributed by atoms with Gasteiger partial charge in [-0.15, -0.1) is 11.3 Å². The van der Waals surface area contributed by atoms with E-state index in [2.05, 4.69) is 22.7 Å². The first-order valence-corrected chi connectivity index (χ1v) is 6.71. The van der Waals surface area contributed by atoms with Gasteiger partial charge in [0.15, 0.2) is 0 Å². The van der Waals surface area contributed by atoms with Gasteiger partial charge in [-0.1, -0.05) is 30.3 Å². The predicted octanol–water partition coefficient (Wildman–Crippen LogP) is 2.83. The third-order valence-corrected chi connectivity index (χ3v) is 3.87. The molecule has 1 heterocycles. The molecular weight excluding hydrogens is 244 g/mol. The van der Waals surface area contributed by atoms with E-state index in [0.717, 1.165) is 24.1 Å². The van der Waals surface area contributed by atoms with E-state index in [4.69, 9.17) is 0 Å². The molecule has 1 aromatic carbocycles. The number of hydrogen-bond donors (Lipinski definition) is 1. The van der Waals surface area contributed by atoms with Crippen molar-refractivity contribution in [3.05, 3.63) is 57.8 Å². The van der Waals surface area contributed by atoms with E-state index in [1.54, 1.807) is 6.07 Å². The molecule has 0 saturated heterocycles. The highest BCUT2D eigenvalue weighted by Crippen LogP contribution is 2.21. The first kappa shape index (κ1) is 11.2. The van der Waals surface area contributed by atoms with Gasteiger partial charge in [0, 0.05) is 5.56 Å². The number of thiophene rings is 1. The zero-order valence-corrected chi connectivity index (χ0v) is 10.5. The Morgan fingerprint density at radius 3 is 2.89 bits per heavy atom. The number of rotatable bonds is 2. The Kier molecular flexibility index (Phi) is 2.94. The number of aryl methyl sites for hydroxylation is 1. The summed E-state index contributed by atoms with van der Waals surface area (Å²) in [5.41, 5.74) is 6.06. The fourth-order valence-corrected chi connectivity index (χ4v) is 2.72. The zero-order chi connectivity index (χ0) is 12.4. The van der Waals surface area contributed by atoms with Crippen molar-refractivity contribution < 1.29 is 4.79 Å². The normalized spacial score (nSPS) is 15.7. The second kappa shape index (κ2) is 4.74. The molecule has 0 saturated carbocycles. The summed E-state index contributed by atoms with van der Waals surface area (Å²) in [5, 5.41) is 6.13. The van der Waals surface area contributed by atoms with Crippen molar-refractivity contribution in [3.8, 4) is 0 Å². The number of hydrazone groups is 1. The maximum atomic E-state index is 11.8. The topological polar surface area (TPSA) is 41.5 Å². The number of fused-ring (bicyclic) bond motifs is 1. The van der Waals surface area contributed by atoms with Crippen LogP contribution in [-0.2, 0) is 6.42 Å². The third-order valence-electron chi connectivity index (χ3n) is 3.00. The standard InChI is InChI=1S/C14H12N2OS/c17-14(13-6-3-9-18-13)16-15-12-8-7-10-4-1-2-5-11(10)12/h1-6,9H,7-8H2,(H,16,17)/b15-12-. The fourth-order valence-electron chi connectivity index (χ4n) is 2.10. The number of carbonyl (C=O) groups is 1. The highest BCUT2D eigenvalue weighted by Gasteiger charge is 2.17. The van der Waals surface area contributed by atoms with Gasteiger partial charge in [-0.05, 0) is 29.9 Å². The Morgan fingerprint density at radius 1 is 1.17 bits per heavy atom. The SMILES string of the molecule is O=C(N/N=C1/CCc2ccccc21)c1cccs1. The van der Waals surface area contributed by atoms with Gasteiger partial charge in [0.1, 0.15) is 0 Å². The van der Waals surface area contributed by atoms with Gasteiger partial charge in [0.25, 0.3) is 5.91 Å². The summed E-state index contributed by atoms with van der Waals surface area (Å²) in [5.74, 6) is -0.137. The van der Waals surface area contributed by atoms with Crippen LogP contribution in [0.3, 0.4) is 0 Å². The highest BCUT2D eigenvalue weighted by molar-refractivity contribution is 7.12. The van der Waals surface area contributed by atoms with Gasteiger partial charge in [0.2, 0.25) is 0 Å². The van der Waals surface area contributed by atoms with Gasteiger partial charge < -0.3 is 0 Å². The first-order valence-electron chi connectivity index (χ1n) is 5.83. The summed E-state index contributed by atoms with van der Waals surface area (Å²) in [6.07, 6.45) is 1.90. The van der Waals surface area contributed by atoms with E-state index in [0.29, 0.717) is 4.88 Å². The lowest BCUT2D eigenvalue weighted by atomic mass is 10.1. The molecule has 3 nitrogen and oxygen atoms in total. The molecule has 1 aromatic heterocycles. The largest absolute Gasteiger partial charge is 0.281 e. The highest BCUT2D eigenvalue weighted by atomic mass is 32.1. The van der Waals surface area contributed by atoms with Gasteiger partial charge in [-0.3, -0.25) is 4.79 Å². The van der Waals surface area contributed by atoms with Crippen molar-refractivity contribution in [3.63, 3.8) is 0 Å². The van der Waals surface area contributed by atoms with Crippen LogP contribution in [0.5, 0.6) is 0 Å². The molecule has 18 heavy (non-hydrogen) atoms.